The van der Waals surface area contributed by atoms with Crippen LogP contribution in [0.25, 0.3) is 0 Å². The average molecular weight is 283 g/mol. The molecule has 6 N–H and O–H groups in total. The molecule has 1 rings (SSSR count). The molecule has 0 unspecified atom stereocenters. The zero-order chi connectivity index (χ0) is 15.1. The second kappa shape index (κ2) is 6.83. The molecule has 0 saturated carbocycles. The van der Waals surface area contributed by atoms with Crippen LogP contribution >= 0.6 is 0 Å². The molecule has 9 nitrogen and oxygen atoms in total. The number of carbonyl (C=O) groups is 3. The summed E-state index contributed by atoms with van der Waals surface area (Å²) in [6.07, 6.45) is -0.950. The Morgan fingerprint density at radius 3 is 2.55 bits per heavy atom. The van der Waals surface area contributed by atoms with Gasteiger partial charge in [-0.25, -0.2) is 14.4 Å². The minimum Gasteiger partial charge on any atom is -0.506 e. The number of rotatable bonds is 5. The van der Waals surface area contributed by atoms with Gasteiger partial charge in [-0.3, -0.25) is 0 Å². The molecule has 0 atom stereocenters. The molecule has 9 heteroatoms. The molecule has 0 radical (unpaired) electrons. The van der Waals surface area contributed by atoms with Gasteiger partial charge in [0.1, 0.15) is 12.4 Å². The molecule has 0 aliphatic carbocycles. The van der Waals surface area contributed by atoms with E-state index < -0.39 is 18.1 Å². The number of primary amides is 1. The van der Waals surface area contributed by atoms with Gasteiger partial charge >= 0.3 is 18.1 Å². The number of hydrogen-bond donors (Lipinski definition) is 5. The van der Waals surface area contributed by atoms with Crippen LogP contribution in [-0.4, -0.2) is 41.5 Å². The Morgan fingerprint density at radius 2 is 2.00 bits per heavy atom. The van der Waals surface area contributed by atoms with Crippen molar-refractivity contribution in [1.29, 1.82) is 0 Å². The predicted octanol–water partition coefficient (Wildman–Crippen LogP) is 0.307. The van der Waals surface area contributed by atoms with Gasteiger partial charge < -0.3 is 31.3 Å². The molecule has 0 fully saturated rings. The molecule has 0 saturated heterocycles. The summed E-state index contributed by atoms with van der Waals surface area (Å²) in [5.41, 5.74) is 4.66. The summed E-state index contributed by atoms with van der Waals surface area (Å²) in [5, 5.41) is 22.9. The number of ether oxygens (including phenoxy) is 1. The molecule has 0 heterocycles. The van der Waals surface area contributed by atoms with Crippen molar-refractivity contribution in [2.45, 2.75) is 0 Å². The number of aromatic carboxylic acids is 1. The molecule has 1 aromatic rings. The lowest BCUT2D eigenvalue weighted by Crippen LogP contribution is -2.32. The van der Waals surface area contributed by atoms with Crippen molar-refractivity contribution in [2.75, 3.05) is 18.5 Å². The molecule has 108 valence electrons. The monoisotopic (exact) mass is 283 g/mol. The Kier molecular flexibility index (Phi) is 5.15. The first-order chi connectivity index (χ1) is 9.40. The topological polar surface area (TPSA) is 151 Å². The number of phenols is 1. The minimum absolute atomic E-state index is 0.0305. The molecule has 0 aromatic heterocycles. The largest absolute Gasteiger partial charge is 0.506 e. The van der Waals surface area contributed by atoms with Crippen LogP contribution in [0, 0.1) is 0 Å². The molecule has 3 amide bonds. The minimum atomic E-state index is -1.19. The third kappa shape index (κ3) is 4.72. The fraction of sp³-hybridized carbons (Fsp3) is 0.182. The summed E-state index contributed by atoms with van der Waals surface area (Å²) in [7, 11) is 0. The second-order valence-electron chi connectivity index (χ2n) is 3.59. The molecular formula is C11H13N3O6. The maximum absolute atomic E-state index is 11.4. The van der Waals surface area contributed by atoms with Crippen molar-refractivity contribution in [3.8, 4) is 5.75 Å². The van der Waals surface area contributed by atoms with Gasteiger partial charge in [-0.05, 0) is 18.2 Å². The van der Waals surface area contributed by atoms with E-state index in [0.29, 0.717) is 0 Å². The maximum Gasteiger partial charge on any atom is 0.404 e. The fourth-order valence-electron chi connectivity index (χ4n) is 1.25. The molecule has 20 heavy (non-hydrogen) atoms. The first-order valence-electron chi connectivity index (χ1n) is 5.43. The van der Waals surface area contributed by atoms with Crippen LogP contribution in [0.2, 0.25) is 0 Å². The third-order valence-corrected chi connectivity index (χ3v) is 2.12. The van der Waals surface area contributed by atoms with Crippen LogP contribution in [-0.2, 0) is 4.74 Å². The highest BCUT2D eigenvalue weighted by molar-refractivity contribution is 5.93. The molecular weight excluding hydrogens is 270 g/mol. The van der Waals surface area contributed by atoms with Gasteiger partial charge in [0.2, 0.25) is 0 Å². The third-order valence-electron chi connectivity index (χ3n) is 2.12. The summed E-state index contributed by atoms with van der Waals surface area (Å²) >= 11 is 0. The summed E-state index contributed by atoms with van der Waals surface area (Å²) in [5.74, 6) is -1.58. The number of urea groups is 1. The zero-order valence-electron chi connectivity index (χ0n) is 10.3. The van der Waals surface area contributed by atoms with E-state index in [9.17, 15) is 19.5 Å². The van der Waals surface area contributed by atoms with Crippen LogP contribution in [0.1, 0.15) is 10.4 Å². The number of carboxylic acid groups (broad SMARTS) is 1. The standard InChI is InChI=1S/C11H13N3O6/c12-10(18)20-4-3-13-11(19)14-7-2-1-6(9(16)17)5-8(7)15/h1-2,5,15H,3-4H2,(H2,12,18)(H,16,17)(H2,13,14,19). The number of carbonyl (C=O) groups excluding carboxylic acids is 2. The van der Waals surface area contributed by atoms with Crippen LogP contribution in [0.15, 0.2) is 18.2 Å². The predicted molar refractivity (Wildman–Crippen MR) is 67.6 cm³/mol. The molecule has 1 aromatic carbocycles. The number of benzene rings is 1. The highest BCUT2D eigenvalue weighted by Gasteiger charge is 2.09. The van der Waals surface area contributed by atoms with Gasteiger partial charge in [0.15, 0.2) is 0 Å². The van der Waals surface area contributed by atoms with Crippen molar-refractivity contribution < 1.29 is 29.3 Å². The summed E-state index contributed by atoms with van der Waals surface area (Å²) in [6.45, 7) is -0.0601. The SMILES string of the molecule is NC(=O)OCCNC(=O)Nc1ccc(C(=O)O)cc1O. The van der Waals surface area contributed by atoms with Crippen LogP contribution in [0.5, 0.6) is 5.75 Å². The van der Waals surface area contributed by atoms with E-state index >= 15 is 0 Å². The van der Waals surface area contributed by atoms with Gasteiger partial charge in [-0.15, -0.1) is 0 Å². The number of nitrogens with two attached hydrogens (primary N) is 1. The lowest BCUT2D eigenvalue weighted by molar-refractivity contribution is 0.0696. The second-order valence-corrected chi connectivity index (χ2v) is 3.59. The Hall–Kier alpha value is -2.97. The van der Waals surface area contributed by atoms with E-state index in [1.54, 1.807) is 0 Å². The van der Waals surface area contributed by atoms with E-state index in [1.165, 1.54) is 12.1 Å². The smallest absolute Gasteiger partial charge is 0.404 e. The zero-order valence-corrected chi connectivity index (χ0v) is 10.3. The van der Waals surface area contributed by atoms with Crippen LogP contribution in [0.3, 0.4) is 0 Å². The van der Waals surface area contributed by atoms with Crippen molar-refractivity contribution >= 4 is 23.8 Å². The number of anilines is 1. The van der Waals surface area contributed by atoms with Gasteiger partial charge in [0.05, 0.1) is 17.8 Å². The van der Waals surface area contributed by atoms with Gasteiger partial charge in [-0.1, -0.05) is 0 Å². The lowest BCUT2D eigenvalue weighted by atomic mass is 10.2. The van der Waals surface area contributed by atoms with Gasteiger partial charge in [-0.2, -0.15) is 0 Å². The Labute approximate surface area is 113 Å². The first kappa shape index (κ1) is 15.1. The Bertz CT molecular complexity index is 531. The molecule has 0 spiro atoms. The number of aromatic hydroxyl groups is 1. The summed E-state index contributed by atoms with van der Waals surface area (Å²) < 4.78 is 4.39. The number of nitrogens with one attached hydrogen (secondary N) is 2. The van der Waals surface area contributed by atoms with Crippen LogP contribution < -0.4 is 16.4 Å². The summed E-state index contributed by atoms with van der Waals surface area (Å²) in [4.78, 5) is 32.3. The Balaban J connectivity index is 2.50. The highest BCUT2D eigenvalue weighted by Crippen LogP contribution is 2.24. The van der Waals surface area contributed by atoms with Crippen molar-refractivity contribution in [3.05, 3.63) is 23.8 Å². The van der Waals surface area contributed by atoms with Crippen molar-refractivity contribution in [2.24, 2.45) is 5.73 Å². The highest BCUT2D eigenvalue weighted by atomic mass is 16.5. The molecule has 0 aliphatic heterocycles. The first-order valence-corrected chi connectivity index (χ1v) is 5.43. The quantitative estimate of drug-likeness (QED) is 0.387. The summed E-state index contributed by atoms with van der Waals surface area (Å²) in [6, 6.07) is 2.83. The van der Waals surface area contributed by atoms with E-state index in [-0.39, 0.29) is 30.2 Å². The van der Waals surface area contributed by atoms with Crippen LogP contribution in [0.4, 0.5) is 15.3 Å². The number of hydrogen-bond acceptors (Lipinski definition) is 5. The molecule has 0 bridgehead atoms. The fourth-order valence-corrected chi connectivity index (χ4v) is 1.25. The van der Waals surface area contributed by atoms with Gasteiger partial charge in [0.25, 0.3) is 0 Å². The number of phenolic OH excluding ortho intramolecular Hbond substituents is 1. The van der Waals surface area contributed by atoms with E-state index in [2.05, 4.69) is 15.4 Å². The lowest BCUT2D eigenvalue weighted by Gasteiger charge is -2.09. The van der Waals surface area contributed by atoms with E-state index in [0.717, 1.165) is 6.07 Å². The maximum atomic E-state index is 11.4. The number of carboxylic acids is 1. The Morgan fingerprint density at radius 1 is 1.30 bits per heavy atom. The van der Waals surface area contributed by atoms with E-state index in [4.69, 9.17) is 10.8 Å². The average Bonchev–Trinajstić information content (AvgIpc) is 2.36. The molecule has 0 aliphatic rings. The normalized spacial score (nSPS) is 9.60. The number of amides is 3. The van der Waals surface area contributed by atoms with E-state index in [1.807, 2.05) is 0 Å². The van der Waals surface area contributed by atoms with Crippen molar-refractivity contribution in [3.63, 3.8) is 0 Å². The van der Waals surface area contributed by atoms with Crippen molar-refractivity contribution in [1.82, 2.24) is 5.32 Å². The van der Waals surface area contributed by atoms with Gasteiger partial charge in [0, 0.05) is 0 Å².